The molecule has 4 unspecified atom stereocenters. The predicted octanol–water partition coefficient (Wildman–Crippen LogP) is 2.16. The van der Waals surface area contributed by atoms with E-state index in [9.17, 15) is 44.1 Å². The van der Waals surface area contributed by atoms with Crippen molar-refractivity contribution in [3.63, 3.8) is 0 Å². The molecule has 2 aromatic rings. The average Bonchev–Trinajstić information content (AvgIpc) is 3.49. The van der Waals surface area contributed by atoms with Gasteiger partial charge >= 0.3 is 23.9 Å². The average molecular weight is 671 g/mol. The molecule has 0 aliphatic carbocycles. The number of phenols is 2. The number of carbonyl (C=O) groups is 6. The summed E-state index contributed by atoms with van der Waals surface area (Å²) in [6, 6.07) is 2.58. The Hall–Kier alpha value is -5.18. The molecule has 3 aliphatic rings. The van der Waals surface area contributed by atoms with Crippen LogP contribution in [0.2, 0.25) is 0 Å². The molecule has 4 atom stereocenters. The lowest BCUT2D eigenvalue weighted by atomic mass is 9.79. The molecule has 0 saturated carbocycles. The third-order valence-electron chi connectivity index (χ3n) is 9.00. The number of aromatic hydroxyl groups is 2. The summed E-state index contributed by atoms with van der Waals surface area (Å²) in [4.78, 5) is 77.5. The Kier molecular flexibility index (Phi) is 8.86. The van der Waals surface area contributed by atoms with E-state index in [-0.39, 0.29) is 70.6 Å². The fourth-order valence-electron chi connectivity index (χ4n) is 6.64. The zero-order valence-electron chi connectivity index (χ0n) is 26.8. The number of ether oxygens (including phenoxy) is 6. The van der Waals surface area contributed by atoms with Crippen molar-refractivity contribution in [2.45, 2.75) is 75.8 Å². The second-order valence-electron chi connectivity index (χ2n) is 11.9. The molecule has 3 N–H and O–H groups in total. The number of carbonyl (C=O) groups excluding carboxylic acids is 6. The molecule has 3 aliphatic heterocycles. The number of cyclic esters (lactones) is 1. The summed E-state index contributed by atoms with van der Waals surface area (Å²) in [6.07, 6.45) is -4.97. The number of rotatable bonds is 8. The van der Waals surface area contributed by atoms with Gasteiger partial charge in [-0.05, 0) is 49.9 Å². The van der Waals surface area contributed by atoms with Crippen LogP contribution in [0.1, 0.15) is 70.4 Å². The van der Waals surface area contributed by atoms with Crippen molar-refractivity contribution >= 4 is 35.4 Å². The van der Waals surface area contributed by atoms with E-state index in [1.165, 1.54) is 26.0 Å². The highest BCUT2D eigenvalue weighted by Gasteiger charge is 2.59. The fourth-order valence-corrected chi connectivity index (χ4v) is 6.64. The summed E-state index contributed by atoms with van der Waals surface area (Å²) in [7, 11) is 3.26. The molecule has 15 nitrogen and oxygen atoms in total. The first-order valence-electron chi connectivity index (χ1n) is 14.9. The molecular formula is C33H34O15. The van der Waals surface area contributed by atoms with E-state index in [2.05, 4.69) is 4.74 Å². The lowest BCUT2D eigenvalue weighted by Gasteiger charge is -2.40. The molecule has 1 saturated heterocycles. The Morgan fingerprint density at radius 3 is 2.12 bits per heavy atom. The fraction of sp³-hybridized carbons (Fsp3) is 0.455. The number of hydrogen-bond donors (Lipinski definition) is 3. The van der Waals surface area contributed by atoms with Crippen LogP contribution in [0.3, 0.4) is 0 Å². The quantitative estimate of drug-likeness (QED) is 0.271. The molecule has 0 bridgehead atoms. The second-order valence-corrected chi connectivity index (χ2v) is 11.9. The van der Waals surface area contributed by atoms with Crippen molar-refractivity contribution in [3.8, 4) is 34.1 Å². The number of fused-ring (bicyclic) bond motifs is 2. The minimum Gasteiger partial charge on any atom is -0.507 e. The number of hydrogen-bond acceptors (Lipinski definition) is 15. The number of benzene rings is 2. The third kappa shape index (κ3) is 5.27. The van der Waals surface area contributed by atoms with E-state index in [4.69, 9.17) is 23.7 Å². The zero-order chi connectivity index (χ0) is 35.3. The first-order chi connectivity index (χ1) is 22.6. The normalized spacial score (nSPS) is 23.5. The van der Waals surface area contributed by atoms with Gasteiger partial charge in [-0.3, -0.25) is 19.2 Å². The van der Waals surface area contributed by atoms with Crippen molar-refractivity contribution in [3.05, 3.63) is 34.4 Å². The lowest BCUT2D eigenvalue weighted by Crippen LogP contribution is -2.58. The Labute approximate surface area is 273 Å². The van der Waals surface area contributed by atoms with Gasteiger partial charge in [-0.25, -0.2) is 9.59 Å². The van der Waals surface area contributed by atoms with Gasteiger partial charge in [0.15, 0.2) is 17.7 Å². The molecule has 15 heteroatoms. The Morgan fingerprint density at radius 1 is 0.875 bits per heavy atom. The smallest absolute Gasteiger partial charge is 0.354 e. The standard InChI is InChI=1S/C33H34O15/c1-14-10-16(34)26-17(35)13-33(31(42)45-5,21-7-9-23(39)46-21)48-29(26)25(14)24-15(2)11-19-27(28(24)40)18(36)12-32(47-19,30(41)44-4)20(37)6-8-22(38)43-3/h10-11,20-21,34,37,40H,6-9,12-13H2,1-5H3. The van der Waals surface area contributed by atoms with Crippen molar-refractivity contribution in [1.82, 2.24) is 0 Å². The van der Waals surface area contributed by atoms with Crippen molar-refractivity contribution in [2.24, 2.45) is 0 Å². The highest BCUT2D eigenvalue weighted by Crippen LogP contribution is 2.54. The van der Waals surface area contributed by atoms with Crippen LogP contribution in [-0.4, -0.2) is 95.5 Å². The SMILES string of the molecule is COC(=O)CCC(O)C1(C(=O)OC)CC(=O)c2c(cc(C)c(-c3c(C)cc(O)c4c3OC(C(=O)OC)(C3CCC(=O)O3)CC4=O)c2O)O1. The van der Waals surface area contributed by atoms with Crippen molar-refractivity contribution in [2.75, 3.05) is 21.3 Å². The van der Waals surface area contributed by atoms with E-state index >= 15 is 0 Å². The van der Waals surface area contributed by atoms with Crippen molar-refractivity contribution in [1.29, 1.82) is 0 Å². The largest absolute Gasteiger partial charge is 0.507 e. The van der Waals surface area contributed by atoms with Gasteiger partial charge in [0.2, 0.25) is 11.2 Å². The van der Waals surface area contributed by atoms with Gasteiger partial charge in [-0.2, -0.15) is 0 Å². The monoisotopic (exact) mass is 670 g/mol. The van der Waals surface area contributed by atoms with Crippen LogP contribution in [0.15, 0.2) is 12.1 Å². The van der Waals surface area contributed by atoms with Crippen LogP contribution < -0.4 is 9.47 Å². The van der Waals surface area contributed by atoms with Gasteiger partial charge in [-0.15, -0.1) is 0 Å². The van der Waals surface area contributed by atoms with E-state index in [0.717, 1.165) is 21.3 Å². The van der Waals surface area contributed by atoms with Gasteiger partial charge < -0.3 is 43.7 Å². The summed E-state index contributed by atoms with van der Waals surface area (Å²) in [5.74, 6) is -6.68. The van der Waals surface area contributed by atoms with Crippen molar-refractivity contribution < 1.29 is 72.5 Å². The Bertz CT molecular complexity index is 1760. The summed E-state index contributed by atoms with van der Waals surface area (Å²) >= 11 is 0. The second kappa shape index (κ2) is 12.4. The predicted molar refractivity (Wildman–Crippen MR) is 160 cm³/mol. The molecule has 3 heterocycles. The number of esters is 4. The molecule has 0 radical (unpaired) electrons. The van der Waals surface area contributed by atoms with E-state index in [1.54, 1.807) is 0 Å². The summed E-state index contributed by atoms with van der Waals surface area (Å²) in [5.41, 5.74) is -4.60. The zero-order valence-corrected chi connectivity index (χ0v) is 26.8. The summed E-state index contributed by atoms with van der Waals surface area (Å²) in [5, 5.41) is 33.6. The number of aryl methyl sites for hydroxylation is 2. The number of ketones is 2. The minimum atomic E-state index is -2.27. The van der Waals surface area contributed by atoms with Gasteiger partial charge in [0.1, 0.15) is 40.2 Å². The van der Waals surface area contributed by atoms with Gasteiger partial charge in [0.25, 0.3) is 0 Å². The van der Waals surface area contributed by atoms with Gasteiger partial charge in [0, 0.05) is 24.0 Å². The molecule has 2 aromatic carbocycles. The summed E-state index contributed by atoms with van der Waals surface area (Å²) in [6.45, 7) is 3.05. The number of aliphatic hydroxyl groups excluding tert-OH is 1. The third-order valence-corrected chi connectivity index (χ3v) is 9.00. The first-order valence-corrected chi connectivity index (χ1v) is 14.9. The summed E-state index contributed by atoms with van der Waals surface area (Å²) < 4.78 is 32.1. The topological polar surface area (TPSA) is 218 Å². The minimum absolute atomic E-state index is 0.0296. The molecule has 0 amide bonds. The van der Waals surface area contributed by atoms with Crippen LogP contribution in [0, 0.1) is 13.8 Å². The molecule has 0 spiro atoms. The van der Waals surface area contributed by atoms with Crippen LogP contribution >= 0.6 is 0 Å². The first kappa shape index (κ1) is 34.2. The molecule has 1 fully saturated rings. The molecule has 0 aromatic heterocycles. The highest BCUT2D eigenvalue weighted by atomic mass is 16.6. The molecule has 5 rings (SSSR count). The molecular weight excluding hydrogens is 636 g/mol. The number of methoxy groups -OCH3 is 3. The lowest BCUT2D eigenvalue weighted by molar-refractivity contribution is -0.175. The highest BCUT2D eigenvalue weighted by molar-refractivity contribution is 6.11. The maximum Gasteiger partial charge on any atom is 0.354 e. The Morgan fingerprint density at radius 2 is 1.52 bits per heavy atom. The van der Waals surface area contributed by atoms with E-state index in [0.29, 0.717) is 0 Å². The Balaban J connectivity index is 1.68. The van der Waals surface area contributed by atoms with Gasteiger partial charge in [0.05, 0.1) is 34.2 Å². The van der Waals surface area contributed by atoms with Gasteiger partial charge in [-0.1, -0.05) is 0 Å². The van der Waals surface area contributed by atoms with Crippen LogP contribution in [0.25, 0.3) is 11.1 Å². The number of aliphatic hydroxyl groups is 1. The van der Waals surface area contributed by atoms with Crippen LogP contribution in [0.5, 0.6) is 23.0 Å². The maximum atomic E-state index is 13.8. The maximum absolute atomic E-state index is 13.8. The molecule has 48 heavy (non-hydrogen) atoms. The van der Waals surface area contributed by atoms with Crippen LogP contribution in [-0.2, 0) is 38.1 Å². The number of Topliss-reactive ketones (excluding diaryl/α,β-unsaturated/α-hetero) is 2. The molecule has 256 valence electrons. The number of phenolic OH excluding ortho intramolecular Hbond substituents is 2. The van der Waals surface area contributed by atoms with E-state index in [1.807, 2.05) is 0 Å². The van der Waals surface area contributed by atoms with Crippen LogP contribution in [0.4, 0.5) is 0 Å². The van der Waals surface area contributed by atoms with E-state index < -0.39 is 83.2 Å².